The number of nitrogens with zero attached hydrogens (tertiary/aromatic N) is 1. The third-order valence-corrected chi connectivity index (χ3v) is 1.55. The molecule has 3 atom stereocenters. The summed E-state index contributed by atoms with van der Waals surface area (Å²) < 4.78 is 0. The summed E-state index contributed by atoms with van der Waals surface area (Å²) in [5.41, 5.74) is 0. The van der Waals surface area contributed by atoms with Gasteiger partial charge in [-0.3, -0.25) is 4.90 Å². The quantitative estimate of drug-likeness (QED) is 0.269. The first-order chi connectivity index (χ1) is 7.11. The molecule has 0 aliphatic carbocycles. The molecule has 0 aromatic carbocycles. The van der Waals surface area contributed by atoms with Crippen molar-refractivity contribution in [1.82, 2.24) is 4.90 Å². The molecule has 3 unspecified atom stereocenters. The number of hydrogen-bond donors (Lipinski definition) is 5. The Morgan fingerprint density at radius 2 is 1.12 bits per heavy atom. The number of aliphatic hydroxyl groups is 3. The minimum atomic E-state index is -2.27. The van der Waals surface area contributed by atoms with Gasteiger partial charge in [0.2, 0.25) is 0 Å². The van der Waals surface area contributed by atoms with E-state index in [2.05, 4.69) is 0 Å². The van der Waals surface area contributed by atoms with Crippen LogP contribution in [0, 0.1) is 0 Å². The van der Waals surface area contributed by atoms with E-state index in [4.69, 9.17) is 25.5 Å². The van der Waals surface area contributed by atoms with E-state index in [1.807, 2.05) is 14.1 Å². The van der Waals surface area contributed by atoms with Crippen LogP contribution >= 0.6 is 0 Å². The maximum absolute atomic E-state index is 9.77. The SMILES string of the molecule is CC(O)N(C)C.O=C(O)C(O)C(O)C(=O)O.[NaH]. The molecule has 0 rings (SSSR count). The van der Waals surface area contributed by atoms with E-state index in [1.54, 1.807) is 11.8 Å². The minimum absolute atomic E-state index is 0. The van der Waals surface area contributed by atoms with E-state index < -0.39 is 24.1 Å². The van der Waals surface area contributed by atoms with Crippen molar-refractivity contribution >= 4 is 41.5 Å². The van der Waals surface area contributed by atoms with Crippen molar-refractivity contribution in [2.75, 3.05) is 14.1 Å². The average molecular weight is 263 g/mol. The Morgan fingerprint density at radius 1 is 0.941 bits per heavy atom. The summed E-state index contributed by atoms with van der Waals surface area (Å²) in [6.07, 6.45) is -4.85. The van der Waals surface area contributed by atoms with Crippen molar-refractivity contribution < 1.29 is 35.1 Å². The number of carboxylic acids is 2. The Kier molecular flexibility index (Phi) is 14.1. The molecule has 0 aromatic heterocycles. The van der Waals surface area contributed by atoms with Crippen molar-refractivity contribution in [3.63, 3.8) is 0 Å². The van der Waals surface area contributed by atoms with E-state index in [1.165, 1.54) is 0 Å². The van der Waals surface area contributed by atoms with Crippen molar-refractivity contribution in [3.05, 3.63) is 0 Å². The van der Waals surface area contributed by atoms with Gasteiger partial charge in [0.05, 0.1) is 0 Å². The third-order valence-electron chi connectivity index (χ3n) is 1.55. The van der Waals surface area contributed by atoms with E-state index in [0.717, 1.165) is 0 Å². The van der Waals surface area contributed by atoms with Crippen LogP contribution in [0.15, 0.2) is 0 Å². The molecule has 9 heteroatoms. The van der Waals surface area contributed by atoms with Crippen LogP contribution in [0.5, 0.6) is 0 Å². The van der Waals surface area contributed by atoms with E-state index in [-0.39, 0.29) is 35.8 Å². The van der Waals surface area contributed by atoms with E-state index in [0.29, 0.717) is 0 Å². The molecule has 8 nitrogen and oxygen atoms in total. The molecule has 0 aromatic rings. The second-order valence-electron chi connectivity index (χ2n) is 3.16. The molecule has 0 bridgehead atoms. The number of rotatable bonds is 4. The Hall–Kier alpha value is -0.220. The summed E-state index contributed by atoms with van der Waals surface area (Å²) >= 11 is 0. The third kappa shape index (κ3) is 12.0. The molecule has 0 heterocycles. The van der Waals surface area contributed by atoms with Crippen molar-refractivity contribution in [3.8, 4) is 0 Å². The molecule has 0 aliphatic rings. The fourth-order valence-electron chi connectivity index (χ4n) is 0.270. The Morgan fingerprint density at radius 3 is 1.18 bits per heavy atom. The van der Waals surface area contributed by atoms with Crippen molar-refractivity contribution in [1.29, 1.82) is 0 Å². The summed E-state index contributed by atoms with van der Waals surface area (Å²) in [5, 5.41) is 41.1. The molecule has 0 radical (unpaired) electrons. The molecule has 98 valence electrons. The molecule has 0 spiro atoms. The number of aliphatic hydroxyl groups excluding tert-OH is 3. The van der Waals surface area contributed by atoms with Crippen molar-refractivity contribution in [2.45, 2.75) is 25.4 Å². The van der Waals surface area contributed by atoms with Gasteiger partial charge in [0.15, 0.2) is 12.2 Å². The molecule has 0 amide bonds. The van der Waals surface area contributed by atoms with Gasteiger partial charge in [-0.15, -0.1) is 0 Å². The number of hydrogen-bond acceptors (Lipinski definition) is 6. The monoisotopic (exact) mass is 263 g/mol. The van der Waals surface area contributed by atoms with Crippen LogP contribution < -0.4 is 0 Å². The van der Waals surface area contributed by atoms with Gasteiger partial charge in [0, 0.05) is 0 Å². The molecular weight excluding hydrogens is 245 g/mol. The van der Waals surface area contributed by atoms with Gasteiger partial charge in [-0.25, -0.2) is 9.59 Å². The average Bonchev–Trinajstić information content (AvgIpc) is 2.15. The zero-order valence-corrected chi connectivity index (χ0v) is 9.23. The predicted octanol–water partition coefficient (Wildman–Crippen LogP) is -2.88. The zero-order valence-electron chi connectivity index (χ0n) is 9.23. The Balaban J connectivity index is -0.000000244. The normalized spacial score (nSPS) is 14.8. The van der Waals surface area contributed by atoms with Gasteiger partial charge < -0.3 is 25.5 Å². The van der Waals surface area contributed by atoms with Gasteiger partial charge in [-0.1, -0.05) is 0 Å². The summed E-state index contributed by atoms with van der Waals surface area (Å²) in [4.78, 5) is 21.3. The molecule has 5 N–H and O–H groups in total. The second-order valence-corrected chi connectivity index (χ2v) is 3.16. The number of aliphatic carboxylic acids is 2. The fraction of sp³-hybridized carbons (Fsp3) is 0.750. The van der Waals surface area contributed by atoms with Gasteiger partial charge >= 0.3 is 41.5 Å². The van der Waals surface area contributed by atoms with Crippen LogP contribution in [-0.2, 0) is 9.59 Å². The topological polar surface area (TPSA) is 139 Å². The van der Waals surface area contributed by atoms with Crippen molar-refractivity contribution in [2.24, 2.45) is 0 Å². The first-order valence-corrected chi connectivity index (χ1v) is 4.27. The number of carbonyl (C=O) groups is 2. The molecule has 0 fully saturated rings. The van der Waals surface area contributed by atoms with Crippen LogP contribution in [0.25, 0.3) is 0 Å². The Labute approximate surface area is 121 Å². The van der Waals surface area contributed by atoms with Gasteiger partial charge in [-0.2, -0.15) is 0 Å². The number of carboxylic acid groups (broad SMARTS) is 2. The summed E-state index contributed by atoms with van der Waals surface area (Å²) in [6, 6.07) is 0. The van der Waals surface area contributed by atoms with Gasteiger partial charge in [0.1, 0.15) is 6.23 Å². The zero-order chi connectivity index (χ0) is 13.5. The molecular formula is C8H18NNaO7. The van der Waals surface area contributed by atoms with E-state index >= 15 is 0 Å². The van der Waals surface area contributed by atoms with Crippen LogP contribution in [0.1, 0.15) is 6.92 Å². The summed E-state index contributed by atoms with van der Waals surface area (Å²) in [5.74, 6) is -3.54. The molecule has 0 aliphatic heterocycles. The molecule has 0 saturated heterocycles. The van der Waals surface area contributed by atoms with E-state index in [9.17, 15) is 9.59 Å². The second kappa shape index (κ2) is 10.9. The van der Waals surface area contributed by atoms with Gasteiger partial charge in [0.25, 0.3) is 0 Å². The summed E-state index contributed by atoms with van der Waals surface area (Å²) in [7, 11) is 3.65. The first-order valence-electron chi connectivity index (χ1n) is 4.27. The maximum atomic E-state index is 9.77. The van der Waals surface area contributed by atoms with Crippen LogP contribution in [0.4, 0.5) is 0 Å². The van der Waals surface area contributed by atoms with Crippen LogP contribution in [-0.4, -0.2) is 104 Å². The standard InChI is InChI=1S/C4H11NO.C4H6O6.Na.H/c1-4(6)5(2)3;5-1(3(7)8)2(6)4(9)10;;/h4,6H,1-3H3;1-2,5-6H,(H,7,8)(H,9,10);;. The molecule has 17 heavy (non-hydrogen) atoms. The van der Waals surface area contributed by atoms with Crippen LogP contribution in [0.2, 0.25) is 0 Å². The first kappa shape index (κ1) is 22.0. The fourth-order valence-corrected chi connectivity index (χ4v) is 0.270. The Bertz CT molecular complexity index is 210. The summed E-state index contributed by atoms with van der Waals surface area (Å²) in [6.45, 7) is 1.72. The van der Waals surface area contributed by atoms with Gasteiger partial charge in [-0.05, 0) is 21.0 Å². The van der Waals surface area contributed by atoms with Crippen LogP contribution in [0.3, 0.4) is 0 Å². The predicted molar refractivity (Wildman–Crippen MR) is 59.8 cm³/mol. The molecule has 0 saturated carbocycles.